The minimum Gasteiger partial charge on any atom is -0.352 e. The zero-order valence-corrected chi connectivity index (χ0v) is 13.5. The maximum Gasteiger partial charge on any atom is 0.224 e. The van der Waals surface area contributed by atoms with E-state index in [4.69, 9.17) is 34.8 Å². The van der Waals surface area contributed by atoms with Crippen molar-refractivity contribution in [2.24, 2.45) is 0 Å². The van der Waals surface area contributed by atoms with E-state index in [0.717, 1.165) is 16.7 Å². The molecular formula is C16H14Cl3NO. The molecule has 0 bridgehead atoms. The van der Waals surface area contributed by atoms with Crippen molar-refractivity contribution in [1.82, 2.24) is 5.32 Å². The highest BCUT2D eigenvalue weighted by Crippen LogP contribution is 2.22. The molecule has 21 heavy (non-hydrogen) atoms. The number of benzene rings is 2. The highest BCUT2D eigenvalue weighted by Gasteiger charge is 2.06. The number of carbonyl (C=O) groups is 1. The first kappa shape index (κ1) is 16.2. The van der Waals surface area contributed by atoms with E-state index in [1.807, 2.05) is 24.3 Å². The zero-order valence-electron chi connectivity index (χ0n) is 11.2. The predicted octanol–water partition coefficient (Wildman–Crippen LogP) is 4.59. The molecule has 0 aliphatic rings. The average Bonchev–Trinajstić information content (AvgIpc) is 2.49. The third-order valence-corrected chi connectivity index (χ3v) is 4.03. The van der Waals surface area contributed by atoms with Crippen LogP contribution in [-0.4, -0.2) is 5.91 Å². The number of carbonyl (C=O) groups excluding carboxylic acids is 1. The molecule has 0 spiro atoms. The molecule has 0 unspecified atom stereocenters. The van der Waals surface area contributed by atoms with E-state index in [0.29, 0.717) is 22.5 Å². The normalized spacial score (nSPS) is 10.4. The fraction of sp³-hybridized carbons (Fsp3) is 0.188. The van der Waals surface area contributed by atoms with Crippen molar-refractivity contribution < 1.29 is 4.79 Å². The Morgan fingerprint density at radius 3 is 2.43 bits per heavy atom. The number of nitrogens with one attached hydrogen (secondary N) is 1. The van der Waals surface area contributed by atoms with Crippen LogP contribution in [0.5, 0.6) is 0 Å². The summed E-state index contributed by atoms with van der Waals surface area (Å²) in [7, 11) is 0. The third-order valence-electron chi connectivity index (χ3n) is 2.98. The van der Waals surface area contributed by atoms with Gasteiger partial charge >= 0.3 is 0 Å². The lowest BCUT2D eigenvalue weighted by atomic mass is 10.1. The Morgan fingerprint density at radius 1 is 0.952 bits per heavy atom. The molecule has 0 heterocycles. The second-order valence-electron chi connectivity index (χ2n) is 4.66. The van der Waals surface area contributed by atoms with Gasteiger partial charge in [0.25, 0.3) is 0 Å². The standard InChI is InChI=1S/C16H14Cl3NO/c17-9-12-2-1-3-13(6-12)10-20-16(21)8-11-4-5-14(18)15(19)7-11/h1-7H,8-10H2,(H,20,21). The molecular weight excluding hydrogens is 329 g/mol. The van der Waals surface area contributed by atoms with Crippen LogP contribution in [0.1, 0.15) is 16.7 Å². The molecule has 0 aliphatic carbocycles. The summed E-state index contributed by atoms with van der Waals surface area (Å²) in [4.78, 5) is 11.9. The van der Waals surface area contributed by atoms with Gasteiger partial charge in [-0.05, 0) is 28.8 Å². The van der Waals surface area contributed by atoms with E-state index >= 15 is 0 Å². The molecule has 1 N–H and O–H groups in total. The molecule has 110 valence electrons. The Kier molecular flexibility index (Phi) is 5.92. The molecule has 2 aromatic carbocycles. The van der Waals surface area contributed by atoms with E-state index in [2.05, 4.69) is 5.32 Å². The van der Waals surface area contributed by atoms with Gasteiger partial charge in [-0.1, -0.05) is 53.5 Å². The molecule has 0 saturated carbocycles. The summed E-state index contributed by atoms with van der Waals surface area (Å²) in [5.74, 6) is 0.398. The number of rotatable bonds is 5. The lowest BCUT2D eigenvalue weighted by molar-refractivity contribution is -0.120. The average molecular weight is 343 g/mol. The summed E-state index contributed by atoms with van der Waals surface area (Å²) >= 11 is 17.6. The van der Waals surface area contributed by atoms with Gasteiger partial charge in [0, 0.05) is 12.4 Å². The second kappa shape index (κ2) is 7.69. The van der Waals surface area contributed by atoms with Crippen molar-refractivity contribution in [3.05, 3.63) is 69.2 Å². The summed E-state index contributed by atoms with van der Waals surface area (Å²) < 4.78 is 0. The molecule has 0 radical (unpaired) electrons. The van der Waals surface area contributed by atoms with Crippen molar-refractivity contribution >= 4 is 40.7 Å². The quantitative estimate of drug-likeness (QED) is 0.791. The van der Waals surface area contributed by atoms with Crippen molar-refractivity contribution in [1.29, 1.82) is 0 Å². The first-order chi connectivity index (χ1) is 10.1. The molecule has 0 aliphatic heterocycles. The fourth-order valence-corrected chi connectivity index (χ4v) is 2.41. The molecule has 2 aromatic rings. The van der Waals surface area contributed by atoms with Crippen molar-refractivity contribution in [2.75, 3.05) is 0 Å². The highest BCUT2D eigenvalue weighted by atomic mass is 35.5. The Balaban J connectivity index is 1.91. The van der Waals surface area contributed by atoms with Gasteiger partial charge in [-0.3, -0.25) is 4.79 Å². The summed E-state index contributed by atoms with van der Waals surface area (Å²) in [5.41, 5.74) is 2.89. The summed E-state index contributed by atoms with van der Waals surface area (Å²) in [5, 5.41) is 3.82. The van der Waals surface area contributed by atoms with Gasteiger partial charge < -0.3 is 5.32 Å². The second-order valence-corrected chi connectivity index (χ2v) is 5.74. The molecule has 2 nitrogen and oxygen atoms in total. The summed E-state index contributed by atoms with van der Waals surface area (Å²) in [6.07, 6.45) is 0.270. The number of hydrogen-bond acceptors (Lipinski definition) is 1. The topological polar surface area (TPSA) is 29.1 Å². The van der Waals surface area contributed by atoms with Gasteiger partial charge in [-0.2, -0.15) is 0 Å². The third kappa shape index (κ3) is 4.92. The monoisotopic (exact) mass is 341 g/mol. The van der Waals surface area contributed by atoms with E-state index < -0.39 is 0 Å². The zero-order chi connectivity index (χ0) is 15.2. The smallest absolute Gasteiger partial charge is 0.224 e. The van der Waals surface area contributed by atoms with Crippen LogP contribution in [-0.2, 0) is 23.6 Å². The maximum atomic E-state index is 11.9. The van der Waals surface area contributed by atoms with Crippen LogP contribution in [0.15, 0.2) is 42.5 Å². The van der Waals surface area contributed by atoms with Crippen molar-refractivity contribution in [3.8, 4) is 0 Å². The largest absolute Gasteiger partial charge is 0.352 e. The fourth-order valence-electron chi connectivity index (χ4n) is 1.92. The highest BCUT2D eigenvalue weighted by molar-refractivity contribution is 6.42. The van der Waals surface area contributed by atoms with Gasteiger partial charge in [0.2, 0.25) is 5.91 Å². The summed E-state index contributed by atoms with van der Waals surface area (Å²) in [6.45, 7) is 0.477. The van der Waals surface area contributed by atoms with Crippen molar-refractivity contribution in [2.45, 2.75) is 18.8 Å². The first-order valence-electron chi connectivity index (χ1n) is 6.43. The van der Waals surface area contributed by atoms with Gasteiger partial charge in [-0.25, -0.2) is 0 Å². The van der Waals surface area contributed by atoms with E-state index in [1.165, 1.54) is 0 Å². The first-order valence-corrected chi connectivity index (χ1v) is 7.72. The number of halogens is 3. The minimum absolute atomic E-state index is 0.0651. The molecule has 1 amide bonds. The maximum absolute atomic E-state index is 11.9. The lowest BCUT2D eigenvalue weighted by Gasteiger charge is -2.07. The van der Waals surface area contributed by atoms with Crippen LogP contribution in [0, 0.1) is 0 Å². The Hall–Kier alpha value is -1.22. The summed E-state index contributed by atoms with van der Waals surface area (Å²) in [6, 6.07) is 13.0. The number of amides is 1. The molecule has 5 heteroatoms. The van der Waals surface area contributed by atoms with Crippen LogP contribution < -0.4 is 5.32 Å². The SMILES string of the molecule is O=C(Cc1ccc(Cl)c(Cl)c1)NCc1cccc(CCl)c1. The Labute approximate surface area is 139 Å². The molecule has 0 saturated heterocycles. The van der Waals surface area contributed by atoms with E-state index in [1.54, 1.807) is 18.2 Å². The van der Waals surface area contributed by atoms with Crippen LogP contribution in [0.4, 0.5) is 0 Å². The van der Waals surface area contributed by atoms with Gasteiger partial charge in [0.1, 0.15) is 0 Å². The van der Waals surface area contributed by atoms with Gasteiger partial charge in [0.05, 0.1) is 16.5 Å². The Bertz CT molecular complexity index is 643. The van der Waals surface area contributed by atoms with E-state index in [-0.39, 0.29) is 12.3 Å². The molecule has 0 aromatic heterocycles. The van der Waals surface area contributed by atoms with Gasteiger partial charge in [-0.15, -0.1) is 11.6 Å². The predicted molar refractivity (Wildman–Crippen MR) is 88.0 cm³/mol. The molecule has 0 atom stereocenters. The molecule has 2 rings (SSSR count). The minimum atomic E-state index is -0.0651. The van der Waals surface area contributed by atoms with Crippen LogP contribution in [0.2, 0.25) is 10.0 Å². The lowest BCUT2D eigenvalue weighted by Crippen LogP contribution is -2.24. The Morgan fingerprint density at radius 2 is 1.71 bits per heavy atom. The van der Waals surface area contributed by atoms with E-state index in [9.17, 15) is 4.79 Å². The van der Waals surface area contributed by atoms with Crippen LogP contribution >= 0.6 is 34.8 Å². The van der Waals surface area contributed by atoms with Crippen LogP contribution in [0.25, 0.3) is 0 Å². The van der Waals surface area contributed by atoms with Crippen molar-refractivity contribution in [3.63, 3.8) is 0 Å². The van der Waals surface area contributed by atoms with Gasteiger partial charge in [0.15, 0.2) is 0 Å². The number of hydrogen-bond donors (Lipinski definition) is 1. The van der Waals surface area contributed by atoms with Crippen LogP contribution in [0.3, 0.4) is 0 Å². The molecule has 0 fully saturated rings. The number of alkyl halides is 1.